The first-order chi connectivity index (χ1) is 10.1. The summed E-state index contributed by atoms with van der Waals surface area (Å²) in [5.74, 6) is 0.955. The number of methoxy groups -OCH3 is 1. The van der Waals surface area contributed by atoms with Gasteiger partial charge in [-0.2, -0.15) is 0 Å². The number of hydrogen-bond acceptors (Lipinski definition) is 4. The molecular formula is C16H18N2O3. The third-order valence-corrected chi connectivity index (χ3v) is 2.79. The van der Waals surface area contributed by atoms with Gasteiger partial charge in [0.05, 0.1) is 19.0 Å². The van der Waals surface area contributed by atoms with Crippen molar-refractivity contribution in [1.82, 2.24) is 4.98 Å². The minimum atomic E-state index is -0.235. The second kappa shape index (κ2) is 6.74. The van der Waals surface area contributed by atoms with Crippen LogP contribution in [0.3, 0.4) is 0 Å². The third kappa shape index (κ3) is 4.49. The number of aryl methyl sites for hydroxylation is 2. The van der Waals surface area contributed by atoms with Gasteiger partial charge in [0.1, 0.15) is 5.75 Å². The van der Waals surface area contributed by atoms with Crippen molar-refractivity contribution in [1.29, 1.82) is 0 Å². The molecule has 0 aliphatic carbocycles. The number of rotatable bonds is 5. The van der Waals surface area contributed by atoms with Gasteiger partial charge in [-0.1, -0.05) is 6.07 Å². The molecular weight excluding hydrogens is 268 g/mol. The zero-order valence-corrected chi connectivity index (χ0v) is 12.3. The van der Waals surface area contributed by atoms with Gasteiger partial charge in [-0.05, 0) is 43.2 Å². The minimum Gasteiger partial charge on any atom is -0.484 e. The molecule has 0 unspecified atom stereocenters. The number of nitrogens with one attached hydrogen (secondary N) is 1. The van der Waals surface area contributed by atoms with Crippen LogP contribution < -0.4 is 14.8 Å². The van der Waals surface area contributed by atoms with Crippen molar-refractivity contribution in [2.45, 2.75) is 13.8 Å². The molecule has 0 saturated heterocycles. The first-order valence-corrected chi connectivity index (χ1v) is 6.58. The van der Waals surface area contributed by atoms with Crippen LogP contribution in [0, 0.1) is 13.8 Å². The monoisotopic (exact) mass is 286 g/mol. The molecule has 1 heterocycles. The Morgan fingerprint density at radius 3 is 2.48 bits per heavy atom. The predicted molar refractivity (Wildman–Crippen MR) is 80.8 cm³/mol. The van der Waals surface area contributed by atoms with Gasteiger partial charge in [-0.15, -0.1) is 0 Å². The fourth-order valence-corrected chi connectivity index (χ4v) is 1.94. The SMILES string of the molecule is COc1ccc(NC(=O)COc2cc(C)cc(C)c2)cn1. The summed E-state index contributed by atoms with van der Waals surface area (Å²) in [5, 5.41) is 2.71. The molecule has 5 nitrogen and oxygen atoms in total. The molecule has 0 fully saturated rings. The molecule has 2 aromatic rings. The maximum Gasteiger partial charge on any atom is 0.262 e. The maximum absolute atomic E-state index is 11.8. The number of anilines is 1. The lowest BCUT2D eigenvalue weighted by molar-refractivity contribution is -0.118. The summed E-state index contributed by atoms with van der Waals surface area (Å²) in [4.78, 5) is 15.8. The van der Waals surface area contributed by atoms with Crippen molar-refractivity contribution in [2.24, 2.45) is 0 Å². The highest BCUT2D eigenvalue weighted by Crippen LogP contribution is 2.16. The zero-order valence-electron chi connectivity index (χ0n) is 12.3. The smallest absolute Gasteiger partial charge is 0.262 e. The number of ether oxygens (including phenoxy) is 2. The minimum absolute atomic E-state index is 0.0467. The van der Waals surface area contributed by atoms with Crippen LogP contribution in [0.5, 0.6) is 11.6 Å². The Balaban J connectivity index is 1.89. The van der Waals surface area contributed by atoms with Crippen LogP contribution in [0.25, 0.3) is 0 Å². The summed E-state index contributed by atoms with van der Waals surface area (Å²) in [6, 6.07) is 9.25. The molecule has 0 bridgehead atoms. The van der Waals surface area contributed by atoms with Crippen molar-refractivity contribution in [3.8, 4) is 11.6 Å². The summed E-state index contributed by atoms with van der Waals surface area (Å²) < 4.78 is 10.4. The molecule has 110 valence electrons. The Morgan fingerprint density at radius 1 is 1.19 bits per heavy atom. The topological polar surface area (TPSA) is 60.5 Å². The molecule has 2 rings (SSSR count). The number of carbonyl (C=O) groups is 1. The molecule has 0 spiro atoms. The first kappa shape index (κ1) is 14.8. The Bertz CT molecular complexity index is 604. The molecule has 1 aromatic heterocycles. The van der Waals surface area contributed by atoms with Crippen molar-refractivity contribution in [2.75, 3.05) is 19.0 Å². The van der Waals surface area contributed by atoms with Crippen LogP contribution in [0.4, 0.5) is 5.69 Å². The van der Waals surface area contributed by atoms with Crippen molar-refractivity contribution < 1.29 is 14.3 Å². The summed E-state index contributed by atoms with van der Waals surface area (Å²) >= 11 is 0. The second-order valence-electron chi connectivity index (χ2n) is 4.75. The van der Waals surface area contributed by atoms with Gasteiger partial charge in [0.15, 0.2) is 6.61 Å². The molecule has 1 amide bonds. The van der Waals surface area contributed by atoms with E-state index < -0.39 is 0 Å². The van der Waals surface area contributed by atoms with Gasteiger partial charge in [0.25, 0.3) is 5.91 Å². The van der Waals surface area contributed by atoms with Crippen LogP contribution in [0.15, 0.2) is 36.5 Å². The molecule has 1 N–H and O–H groups in total. The number of aromatic nitrogens is 1. The summed E-state index contributed by atoms with van der Waals surface area (Å²) in [6.07, 6.45) is 1.54. The van der Waals surface area contributed by atoms with Gasteiger partial charge in [-0.25, -0.2) is 4.98 Å². The van der Waals surface area contributed by atoms with E-state index in [0.29, 0.717) is 17.3 Å². The normalized spacial score (nSPS) is 10.0. The molecule has 0 atom stereocenters. The fourth-order valence-electron chi connectivity index (χ4n) is 1.94. The highest BCUT2D eigenvalue weighted by atomic mass is 16.5. The van der Waals surface area contributed by atoms with E-state index in [9.17, 15) is 4.79 Å². The molecule has 1 aromatic carbocycles. The van der Waals surface area contributed by atoms with E-state index >= 15 is 0 Å². The largest absolute Gasteiger partial charge is 0.484 e. The Hall–Kier alpha value is -2.56. The number of carbonyl (C=O) groups excluding carboxylic acids is 1. The number of hydrogen-bond donors (Lipinski definition) is 1. The van der Waals surface area contributed by atoms with E-state index in [-0.39, 0.29) is 12.5 Å². The summed E-state index contributed by atoms with van der Waals surface area (Å²) in [7, 11) is 1.54. The van der Waals surface area contributed by atoms with E-state index in [2.05, 4.69) is 16.4 Å². The van der Waals surface area contributed by atoms with Crippen molar-refractivity contribution in [3.63, 3.8) is 0 Å². The van der Waals surface area contributed by atoms with Crippen LogP contribution in [0.2, 0.25) is 0 Å². The zero-order chi connectivity index (χ0) is 15.2. The third-order valence-electron chi connectivity index (χ3n) is 2.79. The number of pyridine rings is 1. The quantitative estimate of drug-likeness (QED) is 0.918. The van der Waals surface area contributed by atoms with Gasteiger partial charge in [-0.3, -0.25) is 4.79 Å². The highest BCUT2D eigenvalue weighted by Gasteiger charge is 2.05. The van der Waals surface area contributed by atoms with Gasteiger partial charge in [0, 0.05) is 6.07 Å². The van der Waals surface area contributed by atoms with Gasteiger partial charge in [0.2, 0.25) is 5.88 Å². The van der Waals surface area contributed by atoms with E-state index in [0.717, 1.165) is 11.1 Å². The lowest BCUT2D eigenvalue weighted by Gasteiger charge is -2.09. The summed E-state index contributed by atoms with van der Waals surface area (Å²) in [5.41, 5.74) is 2.80. The fraction of sp³-hybridized carbons (Fsp3) is 0.250. The standard InChI is InChI=1S/C16H18N2O3/c1-11-6-12(2)8-14(7-11)21-10-15(19)18-13-4-5-16(20-3)17-9-13/h4-9H,10H2,1-3H3,(H,18,19). The van der Waals surface area contributed by atoms with Crippen LogP contribution in [0.1, 0.15) is 11.1 Å². The number of benzene rings is 1. The molecule has 0 aliphatic heterocycles. The molecule has 5 heteroatoms. The molecule has 0 radical (unpaired) electrons. The van der Waals surface area contributed by atoms with Crippen LogP contribution >= 0.6 is 0 Å². The Kier molecular flexibility index (Phi) is 4.77. The maximum atomic E-state index is 11.8. The highest BCUT2D eigenvalue weighted by molar-refractivity contribution is 5.91. The van der Waals surface area contributed by atoms with E-state index in [1.807, 2.05) is 26.0 Å². The number of nitrogens with zero attached hydrogens (tertiary/aromatic N) is 1. The van der Waals surface area contributed by atoms with Crippen molar-refractivity contribution in [3.05, 3.63) is 47.7 Å². The molecule has 0 saturated carbocycles. The lowest BCUT2D eigenvalue weighted by atomic mass is 10.1. The molecule has 0 aliphatic rings. The molecule has 21 heavy (non-hydrogen) atoms. The number of amides is 1. The van der Waals surface area contributed by atoms with Crippen molar-refractivity contribution >= 4 is 11.6 Å². The Labute approximate surface area is 123 Å². The van der Waals surface area contributed by atoms with E-state index in [1.54, 1.807) is 12.1 Å². The Morgan fingerprint density at radius 2 is 1.90 bits per heavy atom. The van der Waals surface area contributed by atoms with Gasteiger partial charge < -0.3 is 14.8 Å². The van der Waals surface area contributed by atoms with Crippen LogP contribution in [-0.4, -0.2) is 24.6 Å². The average Bonchev–Trinajstić information content (AvgIpc) is 2.45. The first-order valence-electron chi connectivity index (χ1n) is 6.58. The predicted octanol–water partition coefficient (Wildman–Crippen LogP) is 2.72. The van der Waals surface area contributed by atoms with E-state index in [4.69, 9.17) is 9.47 Å². The summed E-state index contributed by atoms with van der Waals surface area (Å²) in [6.45, 7) is 3.93. The average molecular weight is 286 g/mol. The van der Waals surface area contributed by atoms with Crippen LogP contribution in [-0.2, 0) is 4.79 Å². The second-order valence-corrected chi connectivity index (χ2v) is 4.75. The lowest BCUT2D eigenvalue weighted by Crippen LogP contribution is -2.20. The van der Waals surface area contributed by atoms with Gasteiger partial charge >= 0.3 is 0 Å². The van der Waals surface area contributed by atoms with E-state index in [1.165, 1.54) is 13.3 Å².